The molecule has 2 amide bonds. The minimum atomic E-state index is -1.15. The molecule has 1 aliphatic rings. The third kappa shape index (κ3) is 4.69. The van der Waals surface area contributed by atoms with Crippen LogP contribution >= 0.6 is 0 Å². The van der Waals surface area contributed by atoms with E-state index in [4.69, 9.17) is 14.6 Å². The van der Waals surface area contributed by atoms with E-state index in [-0.39, 0.29) is 19.1 Å². The number of nitrogens with zero attached hydrogens (tertiary/aromatic N) is 1. The van der Waals surface area contributed by atoms with Crippen LogP contribution in [0.3, 0.4) is 0 Å². The van der Waals surface area contributed by atoms with Gasteiger partial charge in [0.25, 0.3) is 0 Å². The molecule has 2 N–H and O–H groups in total. The zero-order valence-electron chi connectivity index (χ0n) is 17.7. The number of carbonyl (C=O) groups is 3. The molecular formula is C23H26N2O6. The molecule has 0 bridgehead atoms. The second-order valence-electron chi connectivity index (χ2n) is 7.44. The number of amides is 2. The lowest BCUT2D eigenvalue weighted by Crippen LogP contribution is -2.53. The van der Waals surface area contributed by atoms with Crippen molar-refractivity contribution in [1.82, 2.24) is 10.2 Å². The largest absolute Gasteiger partial charge is 0.480 e. The third-order valence-corrected chi connectivity index (χ3v) is 5.55. The van der Waals surface area contributed by atoms with Crippen LogP contribution < -0.4 is 5.32 Å². The van der Waals surface area contributed by atoms with E-state index >= 15 is 0 Å². The van der Waals surface area contributed by atoms with E-state index in [1.54, 1.807) is 0 Å². The molecule has 0 aliphatic heterocycles. The van der Waals surface area contributed by atoms with Gasteiger partial charge in [-0.25, -0.2) is 9.59 Å². The fraction of sp³-hybridized carbons (Fsp3) is 0.348. The molecule has 1 aliphatic carbocycles. The number of alkyl carbamates (subject to hydrolysis) is 1. The van der Waals surface area contributed by atoms with Crippen LogP contribution in [0.2, 0.25) is 0 Å². The molecule has 31 heavy (non-hydrogen) atoms. The lowest BCUT2D eigenvalue weighted by molar-refractivity contribution is -0.149. The molecule has 0 aromatic heterocycles. The highest BCUT2D eigenvalue weighted by molar-refractivity contribution is 5.89. The predicted octanol–water partition coefficient (Wildman–Crippen LogP) is 2.47. The van der Waals surface area contributed by atoms with Gasteiger partial charge in [-0.15, -0.1) is 0 Å². The molecule has 0 saturated heterocycles. The number of benzene rings is 2. The number of hydrogen-bond donors (Lipinski definition) is 2. The summed E-state index contributed by atoms with van der Waals surface area (Å²) in [5.41, 5.74) is 4.39. The van der Waals surface area contributed by atoms with Crippen molar-refractivity contribution in [3.8, 4) is 11.1 Å². The monoisotopic (exact) mass is 426 g/mol. The smallest absolute Gasteiger partial charge is 0.407 e. The summed E-state index contributed by atoms with van der Waals surface area (Å²) in [5.74, 6) is -1.83. The van der Waals surface area contributed by atoms with Crippen molar-refractivity contribution in [2.24, 2.45) is 0 Å². The van der Waals surface area contributed by atoms with Crippen LogP contribution in [0.15, 0.2) is 48.5 Å². The molecule has 0 radical (unpaired) electrons. The Morgan fingerprint density at radius 3 is 2.13 bits per heavy atom. The number of hydrogen-bond acceptors (Lipinski definition) is 5. The van der Waals surface area contributed by atoms with Crippen LogP contribution in [0, 0.1) is 0 Å². The van der Waals surface area contributed by atoms with Crippen molar-refractivity contribution in [2.45, 2.75) is 24.9 Å². The van der Waals surface area contributed by atoms with Gasteiger partial charge in [-0.05, 0) is 29.2 Å². The molecule has 0 spiro atoms. The summed E-state index contributed by atoms with van der Waals surface area (Å²) in [7, 11) is 2.75. The maximum absolute atomic E-state index is 12.6. The summed E-state index contributed by atoms with van der Waals surface area (Å²) in [6.45, 7) is 1.38. The Bertz CT molecular complexity index is 931. The first-order valence-corrected chi connectivity index (χ1v) is 9.95. The Morgan fingerprint density at radius 1 is 1.06 bits per heavy atom. The maximum atomic E-state index is 12.6. The zero-order chi connectivity index (χ0) is 22.5. The zero-order valence-corrected chi connectivity index (χ0v) is 17.7. The average Bonchev–Trinajstić information content (AvgIpc) is 3.09. The summed E-state index contributed by atoms with van der Waals surface area (Å²) in [6, 6.07) is 13.9. The van der Waals surface area contributed by atoms with Crippen molar-refractivity contribution in [3.63, 3.8) is 0 Å². The van der Waals surface area contributed by atoms with Crippen LogP contribution in [0.5, 0.6) is 0 Å². The van der Waals surface area contributed by atoms with E-state index in [1.165, 1.54) is 21.1 Å². The number of likely N-dealkylation sites (N-methyl/N-ethyl adjacent to an activating group) is 1. The van der Waals surface area contributed by atoms with Crippen molar-refractivity contribution < 1.29 is 29.0 Å². The summed E-state index contributed by atoms with van der Waals surface area (Å²) in [5, 5.41) is 11.6. The molecule has 8 heteroatoms. The second kappa shape index (κ2) is 9.61. The first-order chi connectivity index (χ1) is 14.8. The summed E-state index contributed by atoms with van der Waals surface area (Å²) < 4.78 is 10.5. The quantitative estimate of drug-likeness (QED) is 0.672. The van der Waals surface area contributed by atoms with Gasteiger partial charge in [0.15, 0.2) is 0 Å². The van der Waals surface area contributed by atoms with Gasteiger partial charge in [0, 0.05) is 20.1 Å². The van der Waals surface area contributed by atoms with Crippen molar-refractivity contribution in [3.05, 3.63) is 59.7 Å². The minimum absolute atomic E-state index is 0.106. The molecule has 8 nitrogen and oxygen atoms in total. The number of nitrogens with one attached hydrogen (secondary N) is 1. The van der Waals surface area contributed by atoms with E-state index in [9.17, 15) is 14.4 Å². The first kappa shape index (κ1) is 22.3. The second-order valence-corrected chi connectivity index (χ2v) is 7.44. The third-order valence-electron chi connectivity index (χ3n) is 5.55. The van der Waals surface area contributed by atoms with Gasteiger partial charge in [0.2, 0.25) is 5.91 Å². The highest BCUT2D eigenvalue weighted by atomic mass is 16.5. The van der Waals surface area contributed by atoms with Crippen molar-refractivity contribution in [1.29, 1.82) is 0 Å². The summed E-state index contributed by atoms with van der Waals surface area (Å²) in [6.07, 6.45) is -0.770. The number of aliphatic carboxylic acids is 1. The topological polar surface area (TPSA) is 105 Å². The molecule has 2 aromatic carbocycles. The average molecular weight is 426 g/mol. The van der Waals surface area contributed by atoms with E-state index in [1.807, 2.05) is 48.5 Å². The van der Waals surface area contributed by atoms with Crippen LogP contribution in [0.4, 0.5) is 4.79 Å². The minimum Gasteiger partial charge on any atom is -0.480 e. The highest BCUT2D eigenvalue weighted by Crippen LogP contribution is 2.44. The lowest BCUT2D eigenvalue weighted by Gasteiger charge is -2.26. The Labute approximate surface area is 180 Å². The number of carboxylic acid groups (broad SMARTS) is 1. The Hall–Kier alpha value is -3.39. The molecule has 0 heterocycles. The van der Waals surface area contributed by atoms with Gasteiger partial charge in [-0.2, -0.15) is 0 Å². The number of rotatable bonds is 8. The van der Waals surface area contributed by atoms with Crippen LogP contribution in [-0.2, 0) is 19.1 Å². The van der Waals surface area contributed by atoms with Crippen LogP contribution in [0.1, 0.15) is 24.0 Å². The lowest BCUT2D eigenvalue weighted by atomic mass is 9.98. The number of methoxy groups -OCH3 is 1. The first-order valence-electron chi connectivity index (χ1n) is 9.95. The van der Waals surface area contributed by atoms with E-state index in [0.29, 0.717) is 0 Å². The van der Waals surface area contributed by atoms with E-state index in [0.717, 1.165) is 27.2 Å². The molecular weight excluding hydrogens is 400 g/mol. The van der Waals surface area contributed by atoms with E-state index < -0.39 is 30.1 Å². The van der Waals surface area contributed by atoms with Gasteiger partial charge in [0.05, 0.1) is 6.61 Å². The van der Waals surface area contributed by atoms with Gasteiger partial charge >= 0.3 is 12.1 Å². The van der Waals surface area contributed by atoms with Crippen molar-refractivity contribution in [2.75, 3.05) is 27.4 Å². The molecule has 2 aromatic rings. The molecule has 2 atom stereocenters. The number of fused-ring (bicyclic) bond motifs is 3. The molecule has 3 rings (SSSR count). The molecule has 1 unspecified atom stereocenters. The fourth-order valence-corrected chi connectivity index (χ4v) is 3.73. The SMILES string of the molecule is COCC(NC(=O)OCC1c2ccccc2-c2ccccc21)C(=O)N(C)[C@@H](C)C(=O)O. The van der Waals surface area contributed by atoms with Crippen LogP contribution in [0.25, 0.3) is 11.1 Å². The Morgan fingerprint density at radius 2 is 1.61 bits per heavy atom. The highest BCUT2D eigenvalue weighted by Gasteiger charge is 2.32. The molecule has 164 valence electrons. The number of carboxylic acids is 1. The summed E-state index contributed by atoms with van der Waals surface area (Å²) in [4.78, 5) is 37.3. The predicted molar refractivity (Wildman–Crippen MR) is 114 cm³/mol. The number of carbonyl (C=O) groups excluding carboxylic acids is 2. The fourth-order valence-electron chi connectivity index (χ4n) is 3.73. The van der Waals surface area contributed by atoms with Crippen molar-refractivity contribution >= 4 is 18.0 Å². The van der Waals surface area contributed by atoms with E-state index in [2.05, 4.69) is 5.32 Å². The summed E-state index contributed by atoms with van der Waals surface area (Å²) >= 11 is 0. The Kier molecular flexibility index (Phi) is 6.91. The van der Waals surface area contributed by atoms with Gasteiger partial charge in [-0.1, -0.05) is 48.5 Å². The molecule has 0 fully saturated rings. The standard InChI is InChI=1S/C23H26N2O6/c1-14(22(27)28)25(2)21(26)20(13-30-3)24-23(29)31-12-19-17-10-6-4-8-15(17)16-9-5-7-11-18(16)19/h4-11,14,19-20H,12-13H2,1-3H3,(H,24,29)(H,27,28)/t14-,20?/m0/s1. The van der Waals surface area contributed by atoms with Gasteiger partial charge < -0.3 is 24.8 Å². The number of ether oxygens (including phenoxy) is 2. The van der Waals surface area contributed by atoms with Gasteiger partial charge in [-0.3, -0.25) is 4.79 Å². The van der Waals surface area contributed by atoms with Crippen LogP contribution in [-0.4, -0.2) is 67.4 Å². The Balaban J connectivity index is 1.67. The maximum Gasteiger partial charge on any atom is 0.407 e. The normalized spacial score (nSPS) is 14.2. The molecule has 0 saturated carbocycles. The van der Waals surface area contributed by atoms with Gasteiger partial charge in [0.1, 0.15) is 18.7 Å².